The average molecular weight is 274 g/mol. The van der Waals surface area contributed by atoms with E-state index in [1.54, 1.807) is 0 Å². The van der Waals surface area contributed by atoms with Crippen LogP contribution in [0.5, 0.6) is 0 Å². The fourth-order valence-electron chi connectivity index (χ4n) is 2.18. The smallest absolute Gasteiger partial charge is 0.195 e. The van der Waals surface area contributed by atoms with Crippen molar-refractivity contribution in [3.8, 4) is 0 Å². The van der Waals surface area contributed by atoms with Gasteiger partial charge in [0.2, 0.25) is 0 Å². The molecule has 20 heavy (non-hydrogen) atoms. The van der Waals surface area contributed by atoms with Crippen LogP contribution in [-0.2, 0) is 11.8 Å². The fourth-order valence-corrected chi connectivity index (χ4v) is 2.18. The number of aryl methyl sites for hydroxylation is 1. The Bertz CT molecular complexity index is 564. The van der Waals surface area contributed by atoms with Gasteiger partial charge in [-0.15, -0.1) is 0 Å². The van der Waals surface area contributed by atoms with Gasteiger partial charge in [0, 0.05) is 12.5 Å². The van der Waals surface area contributed by atoms with E-state index in [-0.39, 0.29) is 5.41 Å². The summed E-state index contributed by atoms with van der Waals surface area (Å²) in [5.41, 5.74) is 3.31. The first kappa shape index (κ1) is 15.0. The van der Waals surface area contributed by atoms with E-state index in [1.165, 1.54) is 5.56 Å². The molecule has 0 amide bonds. The molecule has 0 aliphatic carbocycles. The first-order valence-electron chi connectivity index (χ1n) is 7.49. The molecule has 0 saturated heterocycles. The Morgan fingerprint density at radius 3 is 2.65 bits per heavy atom. The minimum atomic E-state index is 0.147. The Hall–Kier alpha value is -1.35. The van der Waals surface area contributed by atoms with Crippen LogP contribution >= 0.6 is 0 Å². The lowest BCUT2D eigenvalue weighted by Gasteiger charge is -2.18. The van der Waals surface area contributed by atoms with Crippen LogP contribution in [0.15, 0.2) is 22.6 Å². The molecule has 0 saturated carbocycles. The molecule has 1 aromatic heterocycles. The van der Waals surface area contributed by atoms with Crippen molar-refractivity contribution in [2.75, 3.05) is 6.54 Å². The van der Waals surface area contributed by atoms with Gasteiger partial charge in [0.05, 0.1) is 0 Å². The lowest BCUT2D eigenvalue weighted by molar-refractivity contribution is 0.500. The third-order valence-corrected chi connectivity index (χ3v) is 3.42. The second kappa shape index (κ2) is 5.96. The number of nitrogens with zero attached hydrogens (tertiary/aromatic N) is 1. The number of hydrogen-bond donors (Lipinski definition) is 1. The topological polar surface area (TPSA) is 38.1 Å². The Morgan fingerprint density at radius 2 is 2.00 bits per heavy atom. The summed E-state index contributed by atoms with van der Waals surface area (Å²) in [6.07, 6.45) is 1.94. The fraction of sp³-hybridized carbons (Fsp3) is 0.588. The number of hydrogen-bond acceptors (Lipinski definition) is 3. The van der Waals surface area contributed by atoms with Crippen LogP contribution in [0.2, 0.25) is 0 Å². The molecule has 0 aliphatic rings. The van der Waals surface area contributed by atoms with Gasteiger partial charge in [-0.25, -0.2) is 4.98 Å². The van der Waals surface area contributed by atoms with Crippen molar-refractivity contribution in [2.24, 2.45) is 0 Å². The van der Waals surface area contributed by atoms with Crippen molar-refractivity contribution in [2.45, 2.75) is 58.9 Å². The third-order valence-electron chi connectivity index (χ3n) is 3.42. The van der Waals surface area contributed by atoms with E-state index in [2.05, 4.69) is 57.1 Å². The molecule has 110 valence electrons. The summed E-state index contributed by atoms with van der Waals surface area (Å²) in [4.78, 5) is 4.61. The van der Waals surface area contributed by atoms with Crippen molar-refractivity contribution in [3.63, 3.8) is 0 Å². The second-order valence-corrected chi connectivity index (χ2v) is 6.75. The first-order chi connectivity index (χ1) is 9.36. The largest absolute Gasteiger partial charge is 0.441 e. The molecule has 1 N–H and O–H groups in total. The minimum Gasteiger partial charge on any atom is -0.441 e. The van der Waals surface area contributed by atoms with Crippen LogP contribution in [0, 0.1) is 0 Å². The average Bonchev–Trinajstić information content (AvgIpc) is 2.74. The molecule has 0 radical (unpaired) electrons. The van der Waals surface area contributed by atoms with E-state index >= 15 is 0 Å². The number of oxazole rings is 1. The van der Waals surface area contributed by atoms with Gasteiger partial charge in [-0.2, -0.15) is 0 Å². The van der Waals surface area contributed by atoms with Gasteiger partial charge >= 0.3 is 0 Å². The van der Waals surface area contributed by atoms with Crippen molar-refractivity contribution in [1.82, 2.24) is 10.3 Å². The molecule has 0 unspecified atom stereocenters. The Balaban J connectivity index is 2.06. The molecule has 1 heterocycles. The highest BCUT2D eigenvalue weighted by Gasteiger charge is 2.15. The van der Waals surface area contributed by atoms with E-state index in [1.807, 2.05) is 6.07 Å². The van der Waals surface area contributed by atoms with Gasteiger partial charge in [0.1, 0.15) is 5.52 Å². The summed E-state index contributed by atoms with van der Waals surface area (Å²) in [7, 11) is 0. The summed E-state index contributed by atoms with van der Waals surface area (Å²) in [6.45, 7) is 12.0. The maximum Gasteiger partial charge on any atom is 0.195 e. The molecular formula is C17H26N2O. The number of aromatic nitrogens is 1. The zero-order chi connectivity index (χ0) is 14.8. The maximum atomic E-state index is 5.80. The first-order valence-corrected chi connectivity index (χ1v) is 7.49. The molecule has 0 spiro atoms. The highest BCUT2D eigenvalue weighted by molar-refractivity contribution is 5.73. The summed E-state index contributed by atoms with van der Waals surface area (Å²) in [5.74, 6) is 0.844. The number of nitrogens with one attached hydrogen (secondary N) is 1. The van der Waals surface area contributed by atoms with E-state index < -0.39 is 0 Å². The number of fused-ring (bicyclic) bond motifs is 1. The summed E-state index contributed by atoms with van der Waals surface area (Å²) in [6, 6.07) is 6.86. The van der Waals surface area contributed by atoms with Crippen LogP contribution in [0.25, 0.3) is 11.1 Å². The standard InChI is InChI=1S/C17H26N2O/c1-12(2)18-10-6-7-16-19-14-11-13(17(3,4)5)8-9-15(14)20-16/h8-9,11-12,18H,6-7,10H2,1-5H3. The maximum absolute atomic E-state index is 5.80. The van der Waals surface area contributed by atoms with Gasteiger partial charge in [-0.3, -0.25) is 0 Å². The number of rotatable bonds is 5. The quantitative estimate of drug-likeness (QED) is 0.836. The SMILES string of the molecule is CC(C)NCCCc1nc2cc(C(C)(C)C)ccc2o1. The van der Waals surface area contributed by atoms with Gasteiger partial charge in [-0.05, 0) is 36.1 Å². The second-order valence-electron chi connectivity index (χ2n) is 6.75. The van der Waals surface area contributed by atoms with Gasteiger partial charge in [0.15, 0.2) is 11.5 Å². The van der Waals surface area contributed by atoms with Gasteiger partial charge in [-0.1, -0.05) is 40.7 Å². The van der Waals surface area contributed by atoms with Crippen molar-refractivity contribution in [1.29, 1.82) is 0 Å². The monoisotopic (exact) mass is 274 g/mol. The zero-order valence-electron chi connectivity index (χ0n) is 13.3. The summed E-state index contributed by atoms with van der Waals surface area (Å²) >= 11 is 0. The van der Waals surface area contributed by atoms with Crippen molar-refractivity contribution in [3.05, 3.63) is 29.7 Å². The minimum absolute atomic E-state index is 0.147. The third kappa shape index (κ3) is 3.83. The van der Waals surface area contributed by atoms with Crippen molar-refractivity contribution < 1.29 is 4.42 Å². The molecule has 2 aromatic rings. The molecule has 1 aromatic carbocycles. The highest BCUT2D eigenvalue weighted by atomic mass is 16.3. The van der Waals surface area contributed by atoms with Crippen molar-refractivity contribution >= 4 is 11.1 Å². The molecule has 0 aliphatic heterocycles. The van der Waals surface area contributed by atoms with E-state index in [0.717, 1.165) is 36.4 Å². The van der Waals surface area contributed by atoms with E-state index in [4.69, 9.17) is 4.42 Å². The molecule has 0 fully saturated rings. The molecule has 2 rings (SSSR count). The van der Waals surface area contributed by atoms with Crippen LogP contribution in [0.3, 0.4) is 0 Å². The van der Waals surface area contributed by atoms with E-state index in [0.29, 0.717) is 6.04 Å². The van der Waals surface area contributed by atoms with Crippen LogP contribution < -0.4 is 5.32 Å². The number of benzene rings is 1. The highest BCUT2D eigenvalue weighted by Crippen LogP contribution is 2.26. The molecule has 3 heteroatoms. The molecule has 0 bridgehead atoms. The van der Waals surface area contributed by atoms with E-state index in [9.17, 15) is 0 Å². The van der Waals surface area contributed by atoms with Gasteiger partial charge in [0.25, 0.3) is 0 Å². The molecule has 3 nitrogen and oxygen atoms in total. The van der Waals surface area contributed by atoms with Crippen LogP contribution in [0.1, 0.15) is 52.5 Å². The molecule has 0 atom stereocenters. The zero-order valence-corrected chi connectivity index (χ0v) is 13.3. The Kier molecular flexibility index (Phi) is 4.48. The lowest BCUT2D eigenvalue weighted by Crippen LogP contribution is -2.23. The van der Waals surface area contributed by atoms with Gasteiger partial charge < -0.3 is 9.73 Å². The predicted octanol–water partition coefficient (Wildman–Crippen LogP) is 4.06. The predicted molar refractivity (Wildman–Crippen MR) is 84.2 cm³/mol. The lowest BCUT2D eigenvalue weighted by atomic mass is 9.87. The summed E-state index contributed by atoms with van der Waals surface area (Å²) < 4.78 is 5.80. The summed E-state index contributed by atoms with van der Waals surface area (Å²) in [5, 5.41) is 3.41. The molecular weight excluding hydrogens is 248 g/mol. The Morgan fingerprint density at radius 1 is 1.25 bits per heavy atom. The van der Waals surface area contributed by atoms with Crippen LogP contribution in [-0.4, -0.2) is 17.6 Å². The van der Waals surface area contributed by atoms with Crippen LogP contribution in [0.4, 0.5) is 0 Å². The normalized spacial score (nSPS) is 12.5. The Labute approximate surface area is 121 Å².